The van der Waals surface area contributed by atoms with Gasteiger partial charge in [0.2, 0.25) is 5.89 Å². The van der Waals surface area contributed by atoms with Crippen LogP contribution < -0.4 is 10.6 Å². The second kappa shape index (κ2) is 8.09. The van der Waals surface area contributed by atoms with Crippen molar-refractivity contribution in [3.8, 4) is 0 Å². The van der Waals surface area contributed by atoms with E-state index in [1.54, 1.807) is 25.3 Å². The van der Waals surface area contributed by atoms with Gasteiger partial charge in [0.05, 0.1) is 0 Å². The Hall–Kier alpha value is -2.45. The summed E-state index contributed by atoms with van der Waals surface area (Å²) in [5.74, 6) is 1.84. The van der Waals surface area contributed by atoms with Gasteiger partial charge in [0.25, 0.3) is 0 Å². The van der Waals surface area contributed by atoms with E-state index in [4.69, 9.17) is 4.52 Å². The molecule has 0 bridgehead atoms. The molecule has 0 aliphatic rings. The lowest BCUT2D eigenvalue weighted by Gasteiger charge is -2.14. The lowest BCUT2D eigenvalue weighted by atomic mass is 10.2. The molecule has 0 amide bonds. The molecule has 2 heterocycles. The van der Waals surface area contributed by atoms with Gasteiger partial charge in [-0.3, -0.25) is 4.99 Å². The number of aliphatic hydroxyl groups excluding tert-OH is 1. The molecule has 1 unspecified atom stereocenters. The maximum atomic E-state index is 10.4. The number of aryl methyl sites for hydroxylation is 1. The van der Waals surface area contributed by atoms with Gasteiger partial charge in [-0.1, -0.05) is 23.4 Å². The van der Waals surface area contributed by atoms with E-state index < -0.39 is 6.10 Å². The fraction of sp³-hybridized carbons (Fsp3) is 0.353. The Morgan fingerprint density at radius 1 is 1.36 bits per heavy atom. The number of benzene rings is 1. The highest BCUT2D eigenvalue weighted by atomic mass is 32.1. The van der Waals surface area contributed by atoms with Crippen LogP contribution in [0, 0.1) is 6.92 Å². The topological polar surface area (TPSA) is 95.6 Å². The van der Waals surface area contributed by atoms with Gasteiger partial charge in [-0.25, -0.2) is 0 Å². The van der Waals surface area contributed by atoms with Crippen molar-refractivity contribution in [2.75, 3.05) is 20.1 Å². The Morgan fingerprint density at radius 2 is 2.20 bits per heavy atom. The number of guanidine groups is 1. The van der Waals surface area contributed by atoms with Gasteiger partial charge < -0.3 is 20.3 Å². The van der Waals surface area contributed by atoms with Crippen LogP contribution >= 0.6 is 11.3 Å². The standard InChI is InChI=1S/C17H21N5O2S/c1-11-21-16(24-22-11)7-8-19-17(18-2)20-10-13(23)15-9-12-5-3-4-6-14(12)25-15/h3-6,9,13,23H,7-8,10H2,1-2H3,(H2,18,19,20). The predicted molar refractivity (Wildman–Crippen MR) is 98.9 cm³/mol. The van der Waals surface area contributed by atoms with Crippen LogP contribution in [0.15, 0.2) is 39.8 Å². The highest BCUT2D eigenvalue weighted by Crippen LogP contribution is 2.29. The smallest absolute Gasteiger partial charge is 0.228 e. The molecule has 7 nitrogen and oxygen atoms in total. The summed E-state index contributed by atoms with van der Waals surface area (Å²) in [6, 6.07) is 10.1. The van der Waals surface area contributed by atoms with Crippen molar-refractivity contribution in [3.63, 3.8) is 0 Å². The van der Waals surface area contributed by atoms with Gasteiger partial charge >= 0.3 is 0 Å². The van der Waals surface area contributed by atoms with Gasteiger partial charge in [-0.05, 0) is 24.4 Å². The summed E-state index contributed by atoms with van der Waals surface area (Å²) >= 11 is 1.60. The van der Waals surface area contributed by atoms with E-state index in [1.807, 2.05) is 18.2 Å². The second-order valence-corrected chi connectivity index (χ2v) is 6.68. The maximum Gasteiger partial charge on any atom is 0.228 e. The Labute approximate surface area is 149 Å². The number of aliphatic imine (C=N–C) groups is 1. The fourth-order valence-corrected chi connectivity index (χ4v) is 3.46. The van der Waals surface area contributed by atoms with Gasteiger partial charge in [0.1, 0.15) is 6.10 Å². The Bertz CT molecular complexity index is 824. The number of nitrogens with zero attached hydrogens (tertiary/aromatic N) is 3. The van der Waals surface area contributed by atoms with Crippen LogP contribution in [0.3, 0.4) is 0 Å². The van der Waals surface area contributed by atoms with Gasteiger partial charge in [0, 0.05) is 36.1 Å². The van der Waals surface area contributed by atoms with Crippen molar-refractivity contribution in [2.45, 2.75) is 19.4 Å². The third-order valence-corrected chi connectivity index (χ3v) is 4.88. The molecule has 2 aromatic heterocycles. The summed E-state index contributed by atoms with van der Waals surface area (Å²) in [6.45, 7) is 2.78. The number of thiophene rings is 1. The number of hydrogen-bond donors (Lipinski definition) is 3. The minimum absolute atomic E-state index is 0.381. The number of fused-ring (bicyclic) bond motifs is 1. The third kappa shape index (κ3) is 4.55. The number of rotatable bonds is 6. The van der Waals surface area contributed by atoms with E-state index >= 15 is 0 Å². The number of nitrogens with one attached hydrogen (secondary N) is 2. The third-order valence-electron chi connectivity index (χ3n) is 3.66. The number of hydrogen-bond acceptors (Lipinski definition) is 6. The summed E-state index contributed by atoms with van der Waals surface area (Å²) in [5, 5.41) is 21.6. The summed E-state index contributed by atoms with van der Waals surface area (Å²) in [4.78, 5) is 9.24. The summed E-state index contributed by atoms with van der Waals surface area (Å²) in [5.41, 5.74) is 0. The van der Waals surface area contributed by atoms with E-state index in [9.17, 15) is 5.11 Å². The molecular formula is C17H21N5O2S. The SMILES string of the molecule is CN=C(NCCc1nc(C)no1)NCC(O)c1cc2ccccc2s1. The van der Waals surface area contributed by atoms with Crippen LogP contribution in [0.5, 0.6) is 0 Å². The number of aromatic nitrogens is 2. The second-order valence-electron chi connectivity index (χ2n) is 5.57. The molecule has 25 heavy (non-hydrogen) atoms. The van der Waals surface area contributed by atoms with Crippen LogP contribution in [0.1, 0.15) is 22.7 Å². The molecule has 0 aliphatic carbocycles. The van der Waals surface area contributed by atoms with Crippen LogP contribution in [-0.2, 0) is 6.42 Å². The first-order valence-electron chi connectivity index (χ1n) is 8.06. The molecule has 132 valence electrons. The molecule has 3 rings (SSSR count). The van der Waals surface area contributed by atoms with Crippen molar-refractivity contribution < 1.29 is 9.63 Å². The van der Waals surface area contributed by atoms with Crippen molar-refractivity contribution in [2.24, 2.45) is 4.99 Å². The molecule has 3 aromatic rings. The van der Waals surface area contributed by atoms with Gasteiger partial charge in [-0.2, -0.15) is 4.98 Å². The maximum absolute atomic E-state index is 10.4. The average Bonchev–Trinajstić information content (AvgIpc) is 3.23. The lowest BCUT2D eigenvalue weighted by Crippen LogP contribution is -2.40. The first-order chi connectivity index (χ1) is 12.2. The lowest BCUT2D eigenvalue weighted by molar-refractivity contribution is 0.184. The molecule has 0 aliphatic heterocycles. The molecule has 0 fully saturated rings. The molecule has 1 atom stereocenters. The molecule has 3 N–H and O–H groups in total. The van der Waals surface area contributed by atoms with Crippen molar-refractivity contribution in [1.29, 1.82) is 0 Å². The molecule has 0 spiro atoms. The quantitative estimate of drug-likeness (QED) is 0.460. The normalized spacial score (nSPS) is 13.2. The van der Waals surface area contributed by atoms with Crippen LogP contribution in [0.25, 0.3) is 10.1 Å². The Balaban J connectivity index is 1.48. The molecule has 0 radical (unpaired) electrons. The predicted octanol–water partition coefficient (Wildman–Crippen LogP) is 2.03. The zero-order valence-electron chi connectivity index (χ0n) is 14.2. The van der Waals surface area contributed by atoms with Gasteiger partial charge in [-0.15, -0.1) is 11.3 Å². The van der Waals surface area contributed by atoms with Crippen LogP contribution in [-0.4, -0.2) is 41.3 Å². The van der Waals surface area contributed by atoms with Crippen molar-refractivity contribution in [1.82, 2.24) is 20.8 Å². The number of aliphatic hydroxyl groups is 1. The summed E-state index contributed by atoms with van der Waals surface area (Å²) in [7, 11) is 1.69. The van der Waals surface area contributed by atoms with E-state index in [0.29, 0.717) is 37.2 Å². The van der Waals surface area contributed by atoms with Gasteiger partial charge in [0.15, 0.2) is 11.8 Å². The highest BCUT2D eigenvalue weighted by molar-refractivity contribution is 7.19. The highest BCUT2D eigenvalue weighted by Gasteiger charge is 2.12. The van der Waals surface area contributed by atoms with Crippen molar-refractivity contribution >= 4 is 27.4 Å². The molecule has 1 aromatic carbocycles. The molecule has 0 saturated heterocycles. The molecular weight excluding hydrogens is 338 g/mol. The molecule has 0 saturated carbocycles. The van der Waals surface area contributed by atoms with E-state index in [0.717, 1.165) is 10.3 Å². The monoisotopic (exact) mass is 359 g/mol. The average molecular weight is 359 g/mol. The van der Waals surface area contributed by atoms with E-state index in [1.165, 1.54) is 4.70 Å². The minimum Gasteiger partial charge on any atom is -0.386 e. The van der Waals surface area contributed by atoms with Crippen molar-refractivity contribution in [3.05, 3.63) is 46.9 Å². The zero-order valence-corrected chi connectivity index (χ0v) is 15.0. The first-order valence-corrected chi connectivity index (χ1v) is 8.87. The first kappa shape index (κ1) is 17.4. The van der Waals surface area contributed by atoms with Crippen LogP contribution in [0.4, 0.5) is 0 Å². The summed E-state index contributed by atoms with van der Waals surface area (Å²) < 4.78 is 6.24. The Kier molecular flexibility index (Phi) is 5.62. The van der Waals surface area contributed by atoms with E-state index in [2.05, 4.69) is 37.9 Å². The minimum atomic E-state index is -0.588. The van der Waals surface area contributed by atoms with E-state index in [-0.39, 0.29) is 0 Å². The fourth-order valence-electron chi connectivity index (χ4n) is 2.41. The Morgan fingerprint density at radius 3 is 2.92 bits per heavy atom. The van der Waals surface area contributed by atoms with Crippen LogP contribution in [0.2, 0.25) is 0 Å². The largest absolute Gasteiger partial charge is 0.386 e. The molecule has 8 heteroatoms. The zero-order chi connectivity index (χ0) is 17.6. The summed E-state index contributed by atoms with van der Waals surface area (Å²) in [6.07, 6.45) is 0.0231.